The predicted octanol–water partition coefficient (Wildman–Crippen LogP) is 3.08. The summed E-state index contributed by atoms with van der Waals surface area (Å²) in [6.07, 6.45) is 3.54. The number of hydrogen-bond donors (Lipinski definition) is 1. The summed E-state index contributed by atoms with van der Waals surface area (Å²) in [5, 5.41) is 0.819. The average Bonchev–Trinajstić information content (AvgIpc) is 2.32. The summed E-state index contributed by atoms with van der Waals surface area (Å²) in [5.74, 6) is 0.772. The first-order valence-corrected chi connectivity index (χ1v) is 6.82. The SMILES string of the molecule is CC1CCCN(c2cc(Cl)ccc2CCN)C1. The third-order valence-electron chi connectivity index (χ3n) is 3.46. The van der Waals surface area contributed by atoms with Crippen molar-refractivity contribution in [2.75, 3.05) is 24.5 Å². The molecule has 0 aromatic heterocycles. The van der Waals surface area contributed by atoms with Crippen LogP contribution < -0.4 is 10.6 Å². The van der Waals surface area contributed by atoms with Gasteiger partial charge in [-0.3, -0.25) is 0 Å². The Morgan fingerprint density at radius 2 is 2.29 bits per heavy atom. The Labute approximate surface area is 109 Å². The summed E-state index contributed by atoms with van der Waals surface area (Å²) >= 11 is 6.11. The van der Waals surface area contributed by atoms with Crippen molar-refractivity contribution in [2.24, 2.45) is 11.7 Å². The normalized spacial score (nSPS) is 20.6. The molecule has 0 amide bonds. The molecule has 1 heterocycles. The number of nitrogens with zero attached hydrogens (tertiary/aromatic N) is 1. The molecule has 0 radical (unpaired) electrons. The van der Waals surface area contributed by atoms with Gasteiger partial charge in [0.1, 0.15) is 0 Å². The maximum atomic E-state index is 6.11. The third kappa shape index (κ3) is 3.14. The van der Waals surface area contributed by atoms with E-state index in [2.05, 4.69) is 24.0 Å². The van der Waals surface area contributed by atoms with Crippen molar-refractivity contribution in [1.82, 2.24) is 0 Å². The highest BCUT2D eigenvalue weighted by molar-refractivity contribution is 6.30. The fourth-order valence-corrected chi connectivity index (χ4v) is 2.77. The van der Waals surface area contributed by atoms with E-state index in [1.54, 1.807) is 0 Å². The van der Waals surface area contributed by atoms with Crippen LogP contribution in [0.5, 0.6) is 0 Å². The zero-order valence-corrected chi connectivity index (χ0v) is 11.2. The van der Waals surface area contributed by atoms with E-state index >= 15 is 0 Å². The molecule has 17 heavy (non-hydrogen) atoms. The summed E-state index contributed by atoms with van der Waals surface area (Å²) in [6, 6.07) is 6.16. The molecule has 1 saturated heterocycles. The Bertz CT molecular complexity index is 378. The first kappa shape index (κ1) is 12.7. The van der Waals surface area contributed by atoms with Crippen molar-refractivity contribution in [3.63, 3.8) is 0 Å². The van der Waals surface area contributed by atoms with Gasteiger partial charge in [0.2, 0.25) is 0 Å². The van der Waals surface area contributed by atoms with Crippen LogP contribution >= 0.6 is 11.6 Å². The van der Waals surface area contributed by atoms with Crippen LogP contribution in [-0.2, 0) is 6.42 Å². The Hall–Kier alpha value is -0.730. The molecular weight excluding hydrogens is 232 g/mol. The Kier molecular flexibility index (Phi) is 4.30. The molecule has 1 aromatic carbocycles. The second-order valence-electron chi connectivity index (χ2n) is 5.01. The van der Waals surface area contributed by atoms with E-state index < -0.39 is 0 Å². The summed E-state index contributed by atoms with van der Waals surface area (Å²) < 4.78 is 0. The van der Waals surface area contributed by atoms with Gasteiger partial charge in [0.15, 0.2) is 0 Å². The molecule has 1 fully saturated rings. The minimum Gasteiger partial charge on any atom is -0.371 e. The van der Waals surface area contributed by atoms with Gasteiger partial charge < -0.3 is 10.6 Å². The lowest BCUT2D eigenvalue weighted by Gasteiger charge is -2.34. The lowest BCUT2D eigenvalue weighted by atomic mass is 9.98. The fraction of sp³-hybridized carbons (Fsp3) is 0.571. The van der Waals surface area contributed by atoms with Crippen LogP contribution in [0.4, 0.5) is 5.69 Å². The molecule has 0 aliphatic carbocycles. The first-order chi connectivity index (χ1) is 8.20. The Morgan fingerprint density at radius 1 is 1.47 bits per heavy atom. The summed E-state index contributed by atoms with van der Waals surface area (Å²) in [6.45, 7) is 5.29. The summed E-state index contributed by atoms with van der Waals surface area (Å²) in [7, 11) is 0. The van der Waals surface area contributed by atoms with Crippen molar-refractivity contribution in [2.45, 2.75) is 26.2 Å². The molecule has 0 saturated carbocycles. The molecular formula is C14H21ClN2. The number of rotatable bonds is 3. The topological polar surface area (TPSA) is 29.3 Å². The quantitative estimate of drug-likeness (QED) is 0.896. The molecule has 94 valence electrons. The van der Waals surface area contributed by atoms with Gasteiger partial charge in [0, 0.05) is 23.8 Å². The van der Waals surface area contributed by atoms with E-state index in [-0.39, 0.29) is 0 Å². The van der Waals surface area contributed by atoms with Gasteiger partial charge in [-0.1, -0.05) is 24.6 Å². The number of piperidine rings is 1. The molecule has 0 spiro atoms. The molecule has 1 atom stereocenters. The first-order valence-electron chi connectivity index (χ1n) is 6.44. The molecule has 2 N–H and O–H groups in total. The van der Waals surface area contributed by atoms with Crippen LogP contribution in [0.15, 0.2) is 18.2 Å². The zero-order valence-electron chi connectivity index (χ0n) is 10.5. The van der Waals surface area contributed by atoms with Gasteiger partial charge in [-0.25, -0.2) is 0 Å². The van der Waals surface area contributed by atoms with E-state index in [1.165, 1.54) is 24.1 Å². The van der Waals surface area contributed by atoms with Crippen LogP contribution in [0.1, 0.15) is 25.3 Å². The van der Waals surface area contributed by atoms with Gasteiger partial charge in [-0.05, 0) is 49.4 Å². The largest absolute Gasteiger partial charge is 0.371 e. The molecule has 3 heteroatoms. The van der Waals surface area contributed by atoms with Crippen LogP contribution in [0.3, 0.4) is 0 Å². The minimum atomic E-state index is 0.692. The summed E-state index contributed by atoms with van der Waals surface area (Å²) in [5.41, 5.74) is 8.28. The van der Waals surface area contributed by atoms with E-state index in [0.29, 0.717) is 6.54 Å². The third-order valence-corrected chi connectivity index (χ3v) is 3.69. The highest BCUT2D eigenvalue weighted by Crippen LogP contribution is 2.29. The van der Waals surface area contributed by atoms with Crippen molar-refractivity contribution >= 4 is 17.3 Å². The zero-order chi connectivity index (χ0) is 12.3. The second-order valence-corrected chi connectivity index (χ2v) is 5.44. The van der Waals surface area contributed by atoms with E-state index in [4.69, 9.17) is 17.3 Å². The second kappa shape index (κ2) is 5.74. The van der Waals surface area contributed by atoms with Crippen molar-refractivity contribution in [3.05, 3.63) is 28.8 Å². The molecule has 2 nitrogen and oxygen atoms in total. The highest BCUT2D eigenvalue weighted by Gasteiger charge is 2.18. The molecule has 2 rings (SSSR count). The van der Waals surface area contributed by atoms with Gasteiger partial charge in [-0.2, -0.15) is 0 Å². The van der Waals surface area contributed by atoms with E-state index in [0.717, 1.165) is 30.5 Å². The van der Waals surface area contributed by atoms with E-state index in [9.17, 15) is 0 Å². The van der Waals surface area contributed by atoms with Crippen LogP contribution in [0, 0.1) is 5.92 Å². The summed E-state index contributed by atoms with van der Waals surface area (Å²) in [4.78, 5) is 2.46. The monoisotopic (exact) mass is 252 g/mol. The van der Waals surface area contributed by atoms with Crippen LogP contribution in [-0.4, -0.2) is 19.6 Å². The van der Waals surface area contributed by atoms with Crippen molar-refractivity contribution in [1.29, 1.82) is 0 Å². The number of benzene rings is 1. The lowest BCUT2D eigenvalue weighted by Crippen LogP contribution is -2.35. The molecule has 1 aromatic rings. The van der Waals surface area contributed by atoms with Crippen LogP contribution in [0.25, 0.3) is 0 Å². The Morgan fingerprint density at radius 3 is 3.00 bits per heavy atom. The van der Waals surface area contributed by atoms with E-state index in [1.807, 2.05) is 6.07 Å². The van der Waals surface area contributed by atoms with Gasteiger partial charge in [0.05, 0.1) is 0 Å². The standard InChI is InChI=1S/C14H21ClN2/c1-11-3-2-8-17(10-11)14-9-13(15)5-4-12(14)6-7-16/h4-5,9,11H,2-3,6-8,10,16H2,1H3. The minimum absolute atomic E-state index is 0.692. The molecule has 0 bridgehead atoms. The predicted molar refractivity (Wildman–Crippen MR) is 74.8 cm³/mol. The van der Waals surface area contributed by atoms with Crippen LogP contribution in [0.2, 0.25) is 5.02 Å². The average molecular weight is 253 g/mol. The molecule has 1 unspecified atom stereocenters. The maximum absolute atomic E-state index is 6.11. The number of nitrogens with two attached hydrogens (primary N) is 1. The Balaban J connectivity index is 2.25. The molecule has 1 aliphatic rings. The molecule has 1 aliphatic heterocycles. The van der Waals surface area contributed by atoms with Gasteiger partial charge in [-0.15, -0.1) is 0 Å². The number of hydrogen-bond acceptors (Lipinski definition) is 2. The number of anilines is 1. The fourth-order valence-electron chi connectivity index (χ4n) is 2.61. The van der Waals surface area contributed by atoms with Crippen molar-refractivity contribution in [3.8, 4) is 0 Å². The van der Waals surface area contributed by atoms with Crippen molar-refractivity contribution < 1.29 is 0 Å². The van der Waals surface area contributed by atoms with Gasteiger partial charge >= 0.3 is 0 Å². The van der Waals surface area contributed by atoms with Gasteiger partial charge in [0.25, 0.3) is 0 Å². The highest BCUT2D eigenvalue weighted by atomic mass is 35.5. The lowest BCUT2D eigenvalue weighted by molar-refractivity contribution is 0.446. The smallest absolute Gasteiger partial charge is 0.0426 e. The maximum Gasteiger partial charge on any atom is 0.0426 e. The number of halogens is 1.